The molecule has 2 heterocycles. The van der Waals surface area contributed by atoms with Gasteiger partial charge >= 0.3 is 0 Å². The molecule has 0 unspecified atom stereocenters. The van der Waals surface area contributed by atoms with Crippen LogP contribution in [-0.4, -0.2) is 22.2 Å². The van der Waals surface area contributed by atoms with Gasteiger partial charge in [-0.2, -0.15) is 0 Å². The van der Waals surface area contributed by atoms with Gasteiger partial charge in [0.1, 0.15) is 17.1 Å². The number of carbonyl (C=O) groups is 1. The van der Waals surface area contributed by atoms with E-state index in [0.29, 0.717) is 17.0 Å². The molecule has 0 bridgehead atoms. The van der Waals surface area contributed by atoms with Crippen molar-refractivity contribution in [1.29, 1.82) is 0 Å². The summed E-state index contributed by atoms with van der Waals surface area (Å²) in [5, 5.41) is 7.37. The van der Waals surface area contributed by atoms with Crippen LogP contribution in [0.3, 0.4) is 0 Å². The summed E-state index contributed by atoms with van der Waals surface area (Å²) in [6.45, 7) is 5.64. The van der Waals surface area contributed by atoms with Crippen LogP contribution < -0.4 is 10.1 Å². The fraction of sp³-hybridized carbons (Fsp3) is 0.250. The Balaban J connectivity index is 1.90. The molecule has 0 radical (unpaired) electrons. The quantitative estimate of drug-likeness (QED) is 0.772. The first-order valence-corrected chi connectivity index (χ1v) is 7.05. The molecule has 0 atom stereocenters. The number of ether oxygens (including phenoxy) is 1. The van der Waals surface area contributed by atoms with Gasteiger partial charge in [-0.15, -0.1) is 0 Å². The van der Waals surface area contributed by atoms with Crippen LogP contribution in [0.2, 0.25) is 0 Å². The lowest BCUT2D eigenvalue weighted by Crippen LogP contribution is -2.11. The van der Waals surface area contributed by atoms with E-state index in [4.69, 9.17) is 9.26 Å². The number of aryl methyl sites for hydroxylation is 1. The van der Waals surface area contributed by atoms with E-state index in [-0.39, 0.29) is 12.0 Å². The summed E-state index contributed by atoms with van der Waals surface area (Å²) in [4.78, 5) is 15.4. The Morgan fingerprint density at radius 2 is 2.23 bits per heavy atom. The molecule has 0 saturated carbocycles. The Morgan fingerprint density at radius 1 is 1.41 bits per heavy atom. The fourth-order valence-corrected chi connectivity index (χ4v) is 2.25. The molecule has 2 N–H and O–H groups in total. The van der Waals surface area contributed by atoms with E-state index in [2.05, 4.69) is 15.5 Å². The highest BCUT2D eigenvalue weighted by Gasteiger charge is 2.15. The normalized spacial score (nSPS) is 11.1. The summed E-state index contributed by atoms with van der Waals surface area (Å²) in [5.41, 5.74) is 2.03. The Kier molecular flexibility index (Phi) is 3.58. The van der Waals surface area contributed by atoms with Crippen LogP contribution in [0.4, 0.5) is 5.69 Å². The minimum atomic E-state index is -0.255. The summed E-state index contributed by atoms with van der Waals surface area (Å²) >= 11 is 0. The van der Waals surface area contributed by atoms with Crippen LogP contribution in [0.15, 0.2) is 35.1 Å². The number of anilines is 1. The van der Waals surface area contributed by atoms with Crippen molar-refractivity contribution in [3.63, 3.8) is 0 Å². The Morgan fingerprint density at radius 3 is 2.91 bits per heavy atom. The molecule has 2 aromatic heterocycles. The Hall–Kier alpha value is -2.76. The van der Waals surface area contributed by atoms with Crippen molar-refractivity contribution in [2.45, 2.75) is 26.9 Å². The lowest BCUT2D eigenvalue weighted by Gasteiger charge is -2.10. The highest BCUT2D eigenvalue weighted by atomic mass is 16.5. The standard InChI is InChI=1S/C16H17N3O3/c1-9(2)21-11-4-5-14-12(6-11)15(8-17-14)19-16(20)13-7-18-22-10(13)3/h4-9,17H,1-3H3,(H,19,20). The SMILES string of the molecule is Cc1oncc1C(=O)Nc1c[nH]c2ccc(OC(C)C)cc12. The summed E-state index contributed by atoms with van der Waals surface area (Å²) in [6.07, 6.45) is 3.26. The first-order valence-electron chi connectivity index (χ1n) is 7.05. The largest absolute Gasteiger partial charge is 0.491 e. The van der Waals surface area contributed by atoms with Gasteiger partial charge in [0.25, 0.3) is 5.91 Å². The van der Waals surface area contributed by atoms with Crippen molar-refractivity contribution in [2.24, 2.45) is 0 Å². The molecule has 0 aliphatic carbocycles. The molecule has 3 rings (SSSR count). The molecule has 3 aromatic rings. The zero-order chi connectivity index (χ0) is 15.7. The number of rotatable bonds is 4. The van der Waals surface area contributed by atoms with Gasteiger partial charge in [0.2, 0.25) is 0 Å². The minimum Gasteiger partial charge on any atom is -0.491 e. The highest BCUT2D eigenvalue weighted by Crippen LogP contribution is 2.28. The number of nitrogens with zero attached hydrogens (tertiary/aromatic N) is 1. The molecule has 0 fully saturated rings. The lowest BCUT2D eigenvalue weighted by molar-refractivity contribution is 0.102. The van der Waals surface area contributed by atoms with Gasteiger partial charge in [-0.25, -0.2) is 0 Å². The molecule has 0 saturated heterocycles. The molecule has 6 heteroatoms. The van der Waals surface area contributed by atoms with Crippen LogP contribution in [0.25, 0.3) is 10.9 Å². The molecule has 0 aliphatic heterocycles. The number of carbonyl (C=O) groups excluding carboxylic acids is 1. The maximum Gasteiger partial charge on any atom is 0.260 e. The van der Waals surface area contributed by atoms with E-state index < -0.39 is 0 Å². The van der Waals surface area contributed by atoms with Crippen molar-refractivity contribution in [2.75, 3.05) is 5.32 Å². The molecule has 0 spiro atoms. The van der Waals surface area contributed by atoms with Crippen molar-refractivity contribution in [1.82, 2.24) is 10.1 Å². The van der Waals surface area contributed by atoms with Gasteiger partial charge in [-0.1, -0.05) is 5.16 Å². The third kappa shape index (κ3) is 2.67. The van der Waals surface area contributed by atoms with Crippen molar-refractivity contribution >= 4 is 22.5 Å². The molecular formula is C16H17N3O3. The predicted octanol–water partition coefficient (Wildman–Crippen LogP) is 3.50. The molecular weight excluding hydrogens is 282 g/mol. The second kappa shape index (κ2) is 5.55. The van der Waals surface area contributed by atoms with Crippen LogP contribution >= 0.6 is 0 Å². The second-order valence-corrected chi connectivity index (χ2v) is 5.33. The van der Waals surface area contributed by atoms with Crippen LogP contribution in [0.5, 0.6) is 5.75 Å². The Bertz CT molecular complexity index is 817. The molecule has 6 nitrogen and oxygen atoms in total. The maximum absolute atomic E-state index is 12.2. The third-order valence-electron chi connectivity index (χ3n) is 3.27. The van der Waals surface area contributed by atoms with E-state index >= 15 is 0 Å². The highest BCUT2D eigenvalue weighted by molar-refractivity contribution is 6.09. The van der Waals surface area contributed by atoms with Gasteiger partial charge in [0.05, 0.1) is 18.0 Å². The number of benzene rings is 1. The van der Waals surface area contributed by atoms with Crippen molar-refractivity contribution < 1.29 is 14.1 Å². The number of aromatic nitrogens is 2. The Labute approximate surface area is 127 Å². The topological polar surface area (TPSA) is 80.2 Å². The van der Waals surface area contributed by atoms with E-state index in [1.807, 2.05) is 32.0 Å². The maximum atomic E-state index is 12.2. The molecule has 22 heavy (non-hydrogen) atoms. The van der Waals surface area contributed by atoms with Gasteiger partial charge in [0, 0.05) is 17.1 Å². The number of hydrogen-bond acceptors (Lipinski definition) is 4. The molecule has 114 valence electrons. The monoisotopic (exact) mass is 299 g/mol. The average molecular weight is 299 g/mol. The molecule has 0 aliphatic rings. The predicted molar refractivity (Wildman–Crippen MR) is 83.3 cm³/mol. The zero-order valence-electron chi connectivity index (χ0n) is 12.6. The van der Waals surface area contributed by atoms with E-state index in [1.165, 1.54) is 6.20 Å². The number of H-pyrrole nitrogens is 1. The van der Waals surface area contributed by atoms with Gasteiger partial charge in [-0.3, -0.25) is 4.79 Å². The van der Waals surface area contributed by atoms with Crippen LogP contribution in [0.1, 0.15) is 30.0 Å². The van der Waals surface area contributed by atoms with Crippen molar-refractivity contribution in [3.8, 4) is 5.75 Å². The van der Waals surface area contributed by atoms with Gasteiger partial charge in [0.15, 0.2) is 0 Å². The molecule has 1 aromatic carbocycles. The number of fused-ring (bicyclic) bond motifs is 1. The summed E-state index contributed by atoms with van der Waals surface area (Å²) < 4.78 is 10.6. The van der Waals surface area contributed by atoms with Gasteiger partial charge < -0.3 is 19.6 Å². The number of aromatic amines is 1. The van der Waals surface area contributed by atoms with Gasteiger partial charge in [-0.05, 0) is 39.0 Å². The first-order chi connectivity index (χ1) is 10.5. The first kappa shape index (κ1) is 14.2. The minimum absolute atomic E-state index is 0.0917. The van der Waals surface area contributed by atoms with E-state index in [1.54, 1.807) is 13.1 Å². The number of nitrogens with one attached hydrogen (secondary N) is 2. The van der Waals surface area contributed by atoms with E-state index in [0.717, 1.165) is 16.7 Å². The average Bonchev–Trinajstić information content (AvgIpc) is 3.05. The van der Waals surface area contributed by atoms with Crippen molar-refractivity contribution in [3.05, 3.63) is 41.9 Å². The number of hydrogen-bond donors (Lipinski definition) is 2. The summed E-state index contributed by atoms with van der Waals surface area (Å²) in [7, 11) is 0. The number of amides is 1. The third-order valence-corrected chi connectivity index (χ3v) is 3.27. The fourth-order valence-electron chi connectivity index (χ4n) is 2.25. The van der Waals surface area contributed by atoms with Crippen LogP contribution in [0, 0.1) is 6.92 Å². The molecule has 1 amide bonds. The zero-order valence-corrected chi connectivity index (χ0v) is 12.6. The summed E-state index contributed by atoms with van der Waals surface area (Å²) in [5.74, 6) is 0.995. The van der Waals surface area contributed by atoms with Crippen LogP contribution in [-0.2, 0) is 0 Å². The van der Waals surface area contributed by atoms with E-state index in [9.17, 15) is 4.79 Å². The lowest BCUT2D eigenvalue weighted by atomic mass is 10.2. The summed E-state index contributed by atoms with van der Waals surface area (Å²) in [6, 6.07) is 5.73. The second-order valence-electron chi connectivity index (χ2n) is 5.33. The smallest absolute Gasteiger partial charge is 0.260 e.